The molecular weight excluding hydrogens is 230 g/mol. The fourth-order valence-corrected chi connectivity index (χ4v) is 1.75. The lowest BCUT2D eigenvalue weighted by atomic mass is 9.92. The molecule has 0 fully saturated rings. The molecule has 0 saturated carbocycles. The molecule has 2 N–H and O–H groups in total. The minimum absolute atomic E-state index is 0.337. The maximum Gasteiger partial charge on any atom is 0.329 e. The van der Waals surface area contributed by atoms with E-state index < -0.39 is 11.5 Å². The van der Waals surface area contributed by atoms with Gasteiger partial charge in [0.05, 0.1) is 5.56 Å². The number of aryl methyl sites for hydroxylation is 1. The van der Waals surface area contributed by atoms with Gasteiger partial charge in [-0.25, -0.2) is 9.78 Å². The molecule has 1 rings (SSSR count). The summed E-state index contributed by atoms with van der Waals surface area (Å²) in [4.78, 5) is 15.6. The van der Waals surface area contributed by atoms with Crippen LogP contribution in [0.15, 0.2) is 12.1 Å². The number of anilines is 1. The molecule has 1 heterocycles. The van der Waals surface area contributed by atoms with Crippen LogP contribution >= 0.6 is 0 Å². The van der Waals surface area contributed by atoms with Crippen molar-refractivity contribution in [2.45, 2.75) is 39.2 Å². The fourth-order valence-electron chi connectivity index (χ4n) is 1.75. The Hall–Kier alpha value is -2.09. The van der Waals surface area contributed by atoms with Crippen LogP contribution in [0.3, 0.4) is 0 Å². The molecule has 1 aromatic heterocycles. The van der Waals surface area contributed by atoms with Gasteiger partial charge < -0.3 is 10.4 Å². The Morgan fingerprint density at radius 2 is 2.11 bits per heavy atom. The van der Waals surface area contributed by atoms with E-state index >= 15 is 0 Å². The first kappa shape index (κ1) is 14.0. The van der Waals surface area contributed by atoms with E-state index in [1.54, 1.807) is 32.9 Å². The van der Waals surface area contributed by atoms with E-state index in [-0.39, 0.29) is 0 Å². The topological polar surface area (TPSA) is 86.0 Å². The second-order valence-corrected chi connectivity index (χ2v) is 4.18. The molecule has 0 aliphatic carbocycles. The second kappa shape index (κ2) is 5.50. The number of carboxylic acids is 1. The molecule has 5 nitrogen and oxygen atoms in total. The SMILES string of the molecule is CCC(CC)(Nc1nc(C)ccc1C#N)C(=O)O. The number of carbonyl (C=O) groups is 1. The highest BCUT2D eigenvalue weighted by atomic mass is 16.4. The summed E-state index contributed by atoms with van der Waals surface area (Å²) in [7, 11) is 0. The lowest BCUT2D eigenvalue weighted by Gasteiger charge is -2.29. The van der Waals surface area contributed by atoms with Crippen molar-refractivity contribution in [2.24, 2.45) is 0 Å². The zero-order valence-electron chi connectivity index (χ0n) is 10.8. The van der Waals surface area contributed by atoms with Gasteiger partial charge in [0.15, 0.2) is 0 Å². The number of aliphatic carboxylic acids is 1. The maximum absolute atomic E-state index is 11.4. The molecule has 5 heteroatoms. The molecule has 0 bridgehead atoms. The molecule has 0 spiro atoms. The van der Waals surface area contributed by atoms with E-state index in [2.05, 4.69) is 10.3 Å². The molecule has 0 aromatic carbocycles. The van der Waals surface area contributed by atoms with E-state index in [4.69, 9.17) is 5.26 Å². The zero-order valence-corrected chi connectivity index (χ0v) is 10.8. The van der Waals surface area contributed by atoms with Crippen LogP contribution in [0.2, 0.25) is 0 Å². The second-order valence-electron chi connectivity index (χ2n) is 4.18. The van der Waals surface area contributed by atoms with E-state index in [1.165, 1.54) is 0 Å². The number of aromatic nitrogens is 1. The van der Waals surface area contributed by atoms with E-state index in [0.717, 1.165) is 5.69 Å². The van der Waals surface area contributed by atoms with Crippen molar-refractivity contribution in [3.05, 3.63) is 23.4 Å². The van der Waals surface area contributed by atoms with Crippen molar-refractivity contribution in [1.82, 2.24) is 4.98 Å². The Labute approximate surface area is 106 Å². The van der Waals surface area contributed by atoms with Crippen LogP contribution in [0.1, 0.15) is 37.9 Å². The Morgan fingerprint density at radius 1 is 1.50 bits per heavy atom. The van der Waals surface area contributed by atoms with Gasteiger partial charge >= 0.3 is 5.97 Å². The summed E-state index contributed by atoms with van der Waals surface area (Å²) in [5, 5.41) is 21.3. The van der Waals surface area contributed by atoms with E-state index in [1.807, 2.05) is 6.07 Å². The lowest BCUT2D eigenvalue weighted by Crippen LogP contribution is -2.45. The van der Waals surface area contributed by atoms with Crippen molar-refractivity contribution in [3.63, 3.8) is 0 Å². The van der Waals surface area contributed by atoms with Crippen molar-refractivity contribution < 1.29 is 9.90 Å². The van der Waals surface area contributed by atoms with Crippen LogP contribution in [0.4, 0.5) is 5.82 Å². The predicted octanol–water partition coefficient (Wildman–Crippen LogP) is 2.32. The van der Waals surface area contributed by atoms with E-state index in [9.17, 15) is 9.90 Å². The largest absolute Gasteiger partial charge is 0.480 e. The van der Waals surface area contributed by atoms with Gasteiger partial charge in [0.1, 0.15) is 17.4 Å². The van der Waals surface area contributed by atoms with Crippen molar-refractivity contribution >= 4 is 11.8 Å². The first-order chi connectivity index (χ1) is 8.49. The number of nitrogens with zero attached hydrogens (tertiary/aromatic N) is 2. The molecule has 1 aromatic rings. The quantitative estimate of drug-likeness (QED) is 0.833. The van der Waals surface area contributed by atoms with Gasteiger partial charge in [0.2, 0.25) is 0 Å². The smallest absolute Gasteiger partial charge is 0.329 e. The summed E-state index contributed by atoms with van der Waals surface area (Å²) in [6.45, 7) is 5.39. The lowest BCUT2D eigenvalue weighted by molar-refractivity contribution is -0.142. The van der Waals surface area contributed by atoms with Crippen molar-refractivity contribution in [3.8, 4) is 6.07 Å². The number of nitriles is 1. The van der Waals surface area contributed by atoms with Crippen LogP contribution in [0.5, 0.6) is 0 Å². The zero-order chi connectivity index (χ0) is 13.8. The van der Waals surface area contributed by atoms with Gasteiger partial charge in [-0.05, 0) is 31.9 Å². The number of nitrogens with one attached hydrogen (secondary N) is 1. The standard InChI is InChI=1S/C13H17N3O2/c1-4-13(5-2,12(17)18)16-11-10(8-14)7-6-9(3)15-11/h6-7H,4-5H2,1-3H3,(H,15,16)(H,17,18). The molecule has 0 atom stereocenters. The molecule has 0 radical (unpaired) electrons. The number of rotatable bonds is 5. The highest BCUT2D eigenvalue weighted by Gasteiger charge is 2.35. The molecule has 18 heavy (non-hydrogen) atoms. The monoisotopic (exact) mass is 247 g/mol. The van der Waals surface area contributed by atoms with Gasteiger partial charge in [-0.3, -0.25) is 0 Å². The average molecular weight is 247 g/mol. The third-order valence-electron chi connectivity index (χ3n) is 3.13. The number of pyridine rings is 1. The minimum atomic E-state index is -1.08. The summed E-state index contributed by atoms with van der Waals surface area (Å²) in [5.74, 6) is -0.594. The normalized spacial score (nSPS) is 10.8. The van der Waals surface area contributed by atoms with Crippen molar-refractivity contribution in [2.75, 3.05) is 5.32 Å². The Bertz CT molecular complexity index is 487. The third-order valence-corrected chi connectivity index (χ3v) is 3.13. The minimum Gasteiger partial charge on any atom is -0.480 e. The molecular formula is C13H17N3O2. The highest BCUT2D eigenvalue weighted by Crippen LogP contribution is 2.24. The van der Waals surface area contributed by atoms with Gasteiger partial charge in [-0.2, -0.15) is 5.26 Å². The summed E-state index contributed by atoms with van der Waals surface area (Å²) >= 11 is 0. The first-order valence-corrected chi connectivity index (χ1v) is 5.88. The van der Waals surface area contributed by atoms with Crippen LogP contribution < -0.4 is 5.32 Å². The summed E-state index contributed by atoms with van der Waals surface area (Å²) < 4.78 is 0. The molecule has 0 unspecified atom stereocenters. The summed E-state index contributed by atoms with van der Waals surface area (Å²) in [6, 6.07) is 5.38. The molecule has 0 amide bonds. The van der Waals surface area contributed by atoms with Gasteiger partial charge in [-0.1, -0.05) is 13.8 Å². The highest BCUT2D eigenvalue weighted by molar-refractivity contribution is 5.82. The van der Waals surface area contributed by atoms with Crippen LogP contribution in [0, 0.1) is 18.3 Å². The number of hydrogen-bond donors (Lipinski definition) is 2. The Kier molecular flexibility index (Phi) is 4.27. The Morgan fingerprint density at radius 3 is 2.56 bits per heavy atom. The number of carboxylic acid groups (broad SMARTS) is 1. The average Bonchev–Trinajstić information content (AvgIpc) is 2.36. The van der Waals surface area contributed by atoms with Crippen LogP contribution in [-0.2, 0) is 4.79 Å². The van der Waals surface area contributed by atoms with Gasteiger partial charge in [-0.15, -0.1) is 0 Å². The van der Waals surface area contributed by atoms with Crippen molar-refractivity contribution in [1.29, 1.82) is 5.26 Å². The molecule has 0 aliphatic heterocycles. The fraction of sp³-hybridized carbons (Fsp3) is 0.462. The van der Waals surface area contributed by atoms with E-state index in [0.29, 0.717) is 24.2 Å². The number of hydrogen-bond acceptors (Lipinski definition) is 4. The van der Waals surface area contributed by atoms with Gasteiger partial charge in [0, 0.05) is 5.69 Å². The molecule has 0 aliphatic rings. The first-order valence-electron chi connectivity index (χ1n) is 5.88. The predicted molar refractivity (Wildman–Crippen MR) is 68.3 cm³/mol. The van der Waals surface area contributed by atoms with Crippen LogP contribution in [-0.4, -0.2) is 21.6 Å². The molecule has 96 valence electrons. The summed E-state index contributed by atoms with van der Waals surface area (Å²) in [6.07, 6.45) is 0.832. The maximum atomic E-state index is 11.4. The summed E-state index contributed by atoms with van der Waals surface area (Å²) in [5.41, 5.74) is 0.0166. The molecule has 0 saturated heterocycles. The van der Waals surface area contributed by atoms with Crippen LogP contribution in [0.25, 0.3) is 0 Å². The van der Waals surface area contributed by atoms with Gasteiger partial charge in [0.25, 0.3) is 0 Å². The third kappa shape index (κ3) is 2.59. The Balaban J connectivity index is 3.20.